The summed E-state index contributed by atoms with van der Waals surface area (Å²) in [5.74, 6) is -1.39. The Bertz CT molecular complexity index is 1210. The van der Waals surface area contributed by atoms with Gasteiger partial charge in [0.25, 0.3) is 5.56 Å². The average Bonchev–Trinajstić information content (AvgIpc) is 3.27. The van der Waals surface area contributed by atoms with Crippen molar-refractivity contribution in [3.8, 4) is 6.07 Å². The Labute approximate surface area is 167 Å². The highest BCUT2D eigenvalue weighted by molar-refractivity contribution is 5.99. The average molecular weight is 385 g/mol. The summed E-state index contributed by atoms with van der Waals surface area (Å²) in [6.45, 7) is 1.65. The van der Waals surface area contributed by atoms with Crippen LogP contribution in [0.4, 0.5) is 11.8 Å². The number of fused-ring (bicyclic) bond motifs is 2. The molecule has 0 spiro atoms. The van der Waals surface area contributed by atoms with Crippen molar-refractivity contribution in [2.45, 2.75) is 18.8 Å². The van der Waals surface area contributed by atoms with Crippen molar-refractivity contribution < 1.29 is 4.79 Å². The minimum atomic E-state index is -1.01. The fourth-order valence-corrected chi connectivity index (χ4v) is 4.44. The number of H-pyrrole nitrogens is 1. The van der Waals surface area contributed by atoms with Gasteiger partial charge in [-0.15, -0.1) is 0 Å². The van der Waals surface area contributed by atoms with Crippen molar-refractivity contribution in [1.29, 1.82) is 5.26 Å². The highest BCUT2D eigenvalue weighted by Crippen LogP contribution is 2.40. The smallest absolute Gasteiger partial charge is 0.258 e. The van der Waals surface area contributed by atoms with E-state index in [1.807, 2.05) is 47.4 Å². The molecule has 2 aromatic carbocycles. The normalized spacial score (nSPS) is 20.9. The summed E-state index contributed by atoms with van der Waals surface area (Å²) in [6.07, 6.45) is 2.09. The number of aromatic amines is 1. The van der Waals surface area contributed by atoms with Crippen LogP contribution < -0.4 is 15.8 Å². The molecule has 3 aromatic rings. The third-order valence-corrected chi connectivity index (χ3v) is 5.81. The Morgan fingerprint density at radius 3 is 2.62 bits per heavy atom. The van der Waals surface area contributed by atoms with E-state index in [9.17, 15) is 14.9 Å². The zero-order valence-corrected chi connectivity index (χ0v) is 15.7. The monoisotopic (exact) mass is 385 g/mol. The van der Waals surface area contributed by atoms with Crippen molar-refractivity contribution >= 4 is 28.4 Å². The lowest BCUT2D eigenvalue weighted by molar-refractivity contribution is -0.119. The van der Waals surface area contributed by atoms with Crippen LogP contribution in [-0.2, 0) is 4.79 Å². The van der Waals surface area contributed by atoms with Crippen LogP contribution in [0.3, 0.4) is 0 Å². The van der Waals surface area contributed by atoms with Gasteiger partial charge in [0, 0.05) is 19.0 Å². The van der Waals surface area contributed by atoms with E-state index < -0.39 is 17.7 Å². The van der Waals surface area contributed by atoms with Crippen LogP contribution in [0.1, 0.15) is 29.9 Å². The van der Waals surface area contributed by atoms with Gasteiger partial charge in [-0.1, -0.05) is 42.5 Å². The summed E-state index contributed by atoms with van der Waals surface area (Å²) in [7, 11) is 0. The molecule has 0 unspecified atom stereocenters. The van der Waals surface area contributed by atoms with Gasteiger partial charge in [0.1, 0.15) is 11.7 Å². The predicted molar refractivity (Wildman–Crippen MR) is 110 cm³/mol. The first-order valence-corrected chi connectivity index (χ1v) is 9.74. The van der Waals surface area contributed by atoms with Crippen LogP contribution >= 0.6 is 0 Å². The number of nitriles is 1. The number of amides is 1. The van der Waals surface area contributed by atoms with Gasteiger partial charge in [-0.3, -0.25) is 14.6 Å². The Morgan fingerprint density at radius 2 is 1.83 bits per heavy atom. The molecule has 1 amide bonds. The summed E-state index contributed by atoms with van der Waals surface area (Å²) in [4.78, 5) is 35.4. The minimum Gasteiger partial charge on any atom is -0.342 e. The molecule has 7 nitrogen and oxygen atoms in total. The molecule has 0 aliphatic carbocycles. The predicted octanol–water partition coefficient (Wildman–Crippen LogP) is 2.75. The van der Waals surface area contributed by atoms with Gasteiger partial charge in [-0.25, -0.2) is 0 Å². The van der Waals surface area contributed by atoms with Crippen molar-refractivity contribution in [2.24, 2.45) is 5.92 Å². The zero-order chi connectivity index (χ0) is 20.0. The third-order valence-electron chi connectivity index (χ3n) is 5.81. The Hall–Kier alpha value is -3.66. The second kappa shape index (κ2) is 6.74. The lowest BCUT2D eigenvalue weighted by atomic mass is 9.77. The van der Waals surface area contributed by atoms with Gasteiger partial charge in [0.2, 0.25) is 11.9 Å². The highest BCUT2D eigenvalue weighted by Gasteiger charge is 2.41. The van der Waals surface area contributed by atoms with Crippen LogP contribution in [0.15, 0.2) is 47.3 Å². The summed E-state index contributed by atoms with van der Waals surface area (Å²) >= 11 is 0. The molecule has 0 radical (unpaired) electrons. The molecular weight excluding hydrogens is 366 g/mol. The van der Waals surface area contributed by atoms with E-state index in [4.69, 9.17) is 0 Å². The van der Waals surface area contributed by atoms with Crippen molar-refractivity contribution in [2.75, 3.05) is 23.3 Å². The number of benzene rings is 2. The fraction of sp³-hybridized carbons (Fsp3) is 0.273. The number of anilines is 2. The van der Waals surface area contributed by atoms with E-state index >= 15 is 0 Å². The molecule has 5 rings (SSSR count). The summed E-state index contributed by atoms with van der Waals surface area (Å²) in [6, 6.07) is 15.6. The molecule has 29 heavy (non-hydrogen) atoms. The molecule has 2 aliphatic heterocycles. The molecular formula is C22H19N5O2. The Morgan fingerprint density at radius 1 is 1.07 bits per heavy atom. The molecule has 1 saturated heterocycles. The van der Waals surface area contributed by atoms with Gasteiger partial charge in [-0.05, 0) is 29.2 Å². The van der Waals surface area contributed by atoms with Gasteiger partial charge < -0.3 is 10.2 Å². The van der Waals surface area contributed by atoms with Gasteiger partial charge in [0.15, 0.2) is 0 Å². The lowest BCUT2D eigenvalue weighted by Gasteiger charge is -2.30. The summed E-state index contributed by atoms with van der Waals surface area (Å²) in [5.41, 5.74) is 0.817. The number of rotatable bonds is 2. The molecule has 1 fully saturated rings. The molecule has 0 bridgehead atoms. The number of hydrogen-bond donors (Lipinski definition) is 2. The van der Waals surface area contributed by atoms with Crippen molar-refractivity contribution in [1.82, 2.24) is 9.97 Å². The first kappa shape index (κ1) is 17.4. The maximum Gasteiger partial charge on any atom is 0.258 e. The van der Waals surface area contributed by atoms with Crippen LogP contribution in [0.5, 0.6) is 0 Å². The zero-order valence-electron chi connectivity index (χ0n) is 15.7. The quantitative estimate of drug-likeness (QED) is 0.706. The van der Waals surface area contributed by atoms with E-state index in [-0.39, 0.29) is 11.4 Å². The molecule has 2 aliphatic rings. The third kappa shape index (κ3) is 2.76. The van der Waals surface area contributed by atoms with Gasteiger partial charge in [-0.2, -0.15) is 10.2 Å². The van der Waals surface area contributed by atoms with E-state index in [0.29, 0.717) is 11.5 Å². The number of nitrogens with zero attached hydrogens (tertiary/aromatic N) is 3. The summed E-state index contributed by atoms with van der Waals surface area (Å²) < 4.78 is 0. The van der Waals surface area contributed by atoms with E-state index in [2.05, 4.69) is 21.4 Å². The topological polar surface area (TPSA) is 102 Å². The molecule has 7 heteroatoms. The second-order valence-corrected chi connectivity index (χ2v) is 7.49. The number of carbonyl (C=O) groups is 1. The van der Waals surface area contributed by atoms with E-state index in [1.54, 1.807) is 0 Å². The standard InChI is InChI=1S/C22H19N5O2/c23-12-16-17(15-9-5-7-13-6-1-2-8-14(13)15)18-19(24-20(16)28)25-22(26-21(18)29)27-10-3-4-11-27/h1-2,5-9,16-17H,3-4,10-11H2,(H2,24,25,26,28,29)/t16-,17-/m1/s1. The van der Waals surface area contributed by atoms with Gasteiger partial charge in [0.05, 0.1) is 11.6 Å². The fourth-order valence-electron chi connectivity index (χ4n) is 4.44. The minimum absolute atomic E-state index is 0.255. The molecule has 3 heterocycles. The van der Waals surface area contributed by atoms with Crippen LogP contribution in [0.25, 0.3) is 10.8 Å². The molecule has 2 N–H and O–H groups in total. The van der Waals surface area contributed by atoms with Crippen LogP contribution in [-0.4, -0.2) is 29.0 Å². The SMILES string of the molecule is N#C[C@H]1C(=O)Nc2nc(N3CCCC3)[nH]c(=O)c2[C@@H]1c1cccc2ccccc12. The molecule has 1 aromatic heterocycles. The number of aromatic nitrogens is 2. The first-order chi connectivity index (χ1) is 14.2. The molecule has 2 atom stereocenters. The van der Waals surface area contributed by atoms with E-state index in [0.717, 1.165) is 42.3 Å². The van der Waals surface area contributed by atoms with Crippen LogP contribution in [0, 0.1) is 17.2 Å². The number of carbonyl (C=O) groups excluding carboxylic acids is 1. The van der Waals surface area contributed by atoms with Crippen molar-refractivity contribution in [3.63, 3.8) is 0 Å². The highest BCUT2D eigenvalue weighted by atomic mass is 16.2. The first-order valence-electron chi connectivity index (χ1n) is 9.74. The summed E-state index contributed by atoms with van der Waals surface area (Å²) in [5, 5.41) is 14.4. The largest absolute Gasteiger partial charge is 0.342 e. The molecule has 0 saturated carbocycles. The maximum atomic E-state index is 13.1. The van der Waals surface area contributed by atoms with E-state index in [1.165, 1.54) is 0 Å². The van der Waals surface area contributed by atoms with Gasteiger partial charge >= 0.3 is 0 Å². The second-order valence-electron chi connectivity index (χ2n) is 7.49. The Balaban J connectivity index is 1.74. The van der Waals surface area contributed by atoms with Crippen molar-refractivity contribution in [3.05, 3.63) is 63.9 Å². The number of nitrogens with one attached hydrogen (secondary N) is 2. The lowest BCUT2D eigenvalue weighted by Crippen LogP contribution is -2.39. The maximum absolute atomic E-state index is 13.1. The Kier molecular flexibility index (Phi) is 4.06. The molecule has 144 valence electrons. The van der Waals surface area contributed by atoms with Crippen LogP contribution in [0.2, 0.25) is 0 Å². The number of hydrogen-bond acceptors (Lipinski definition) is 5.